The zero-order valence-corrected chi connectivity index (χ0v) is 15.3. The van der Waals surface area contributed by atoms with Gasteiger partial charge in [-0.2, -0.15) is 0 Å². The third-order valence-corrected chi connectivity index (χ3v) is 5.37. The Morgan fingerprint density at radius 2 is 1.74 bits per heavy atom. The van der Waals surface area contributed by atoms with Crippen molar-refractivity contribution in [2.75, 3.05) is 39.8 Å². The summed E-state index contributed by atoms with van der Waals surface area (Å²) in [5.41, 5.74) is 2.07. The molecule has 130 valence electrons. The Morgan fingerprint density at radius 1 is 1.13 bits per heavy atom. The molecule has 3 heteroatoms. The number of methoxy groups -OCH3 is 1. The Labute approximate surface area is 142 Å². The molecule has 2 saturated heterocycles. The summed E-state index contributed by atoms with van der Waals surface area (Å²) in [4.78, 5) is 5.09. The lowest BCUT2D eigenvalue weighted by Gasteiger charge is -2.38. The van der Waals surface area contributed by atoms with Gasteiger partial charge < -0.3 is 14.5 Å². The van der Waals surface area contributed by atoms with Crippen LogP contribution in [0.1, 0.15) is 39.5 Å². The lowest BCUT2D eigenvalue weighted by atomic mass is 9.93. The van der Waals surface area contributed by atoms with E-state index in [-0.39, 0.29) is 0 Å². The number of hydrogen-bond acceptors (Lipinski definition) is 3. The second-order valence-electron chi connectivity index (χ2n) is 7.32. The summed E-state index contributed by atoms with van der Waals surface area (Å²) in [6.45, 7) is 18.4. The van der Waals surface area contributed by atoms with E-state index < -0.39 is 0 Å². The van der Waals surface area contributed by atoms with Crippen LogP contribution in [-0.4, -0.2) is 49.6 Å². The summed E-state index contributed by atoms with van der Waals surface area (Å²) in [5, 5.41) is 0. The van der Waals surface area contributed by atoms with Crippen molar-refractivity contribution in [3.63, 3.8) is 0 Å². The van der Waals surface area contributed by atoms with Crippen molar-refractivity contribution in [3.05, 3.63) is 36.3 Å². The van der Waals surface area contributed by atoms with Crippen LogP contribution in [-0.2, 0) is 4.74 Å². The van der Waals surface area contributed by atoms with Crippen LogP contribution in [0.25, 0.3) is 0 Å². The van der Waals surface area contributed by atoms with Gasteiger partial charge in [0.15, 0.2) is 0 Å². The van der Waals surface area contributed by atoms with Gasteiger partial charge in [0.2, 0.25) is 0 Å². The molecule has 0 aromatic carbocycles. The number of nitrogens with zero attached hydrogens (tertiary/aromatic N) is 2. The molecule has 0 bridgehead atoms. The van der Waals surface area contributed by atoms with Gasteiger partial charge in [-0.05, 0) is 69.2 Å². The molecule has 3 nitrogen and oxygen atoms in total. The molecule has 0 N–H and O–H groups in total. The van der Waals surface area contributed by atoms with Gasteiger partial charge >= 0.3 is 0 Å². The maximum Gasteiger partial charge on any atom is 0.144 e. The molecule has 0 unspecified atom stereocenters. The first kappa shape index (κ1) is 18.1. The summed E-state index contributed by atoms with van der Waals surface area (Å²) in [7, 11) is 1.72. The van der Waals surface area contributed by atoms with Crippen LogP contribution in [0.15, 0.2) is 36.3 Å². The molecule has 2 aliphatic rings. The van der Waals surface area contributed by atoms with Crippen LogP contribution in [0.2, 0.25) is 0 Å². The van der Waals surface area contributed by atoms with Crippen molar-refractivity contribution >= 4 is 0 Å². The minimum Gasteiger partial charge on any atom is -0.494 e. The number of likely N-dealkylation sites (tertiary alicyclic amines) is 2. The minimum atomic E-state index is 0.835. The molecule has 0 aromatic heterocycles. The molecule has 0 saturated carbocycles. The third kappa shape index (κ3) is 4.87. The molecule has 0 radical (unpaired) electrons. The fraction of sp³-hybridized carbons (Fsp3) is 0.700. The van der Waals surface area contributed by atoms with E-state index in [2.05, 4.69) is 29.9 Å². The molecule has 2 aliphatic heterocycles. The summed E-state index contributed by atoms with van der Waals surface area (Å²) in [5.74, 6) is 2.63. The van der Waals surface area contributed by atoms with E-state index in [1.54, 1.807) is 7.11 Å². The van der Waals surface area contributed by atoms with Gasteiger partial charge in [-0.15, -0.1) is 0 Å². The van der Waals surface area contributed by atoms with Gasteiger partial charge in [-0.1, -0.05) is 20.1 Å². The predicted octanol–water partition coefficient (Wildman–Crippen LogP) is 4.05. The zero-order chi connectivity index (χ0) is 16.8. The number of hydrogen-bond donors (Lipinski definition) is 0. The highest BCUT2D eigenvalue weighted by atomic mass is 16.5. The SMILES string of the molecule is C=C/C(=C(/OC)C(=C)C)N1CCC(CN2CCC(C)CC2)CC1. The van der Waals surface area contributed by atoms with Crippen molar-refractivity contribution in [2.24, 2.45) is 11.8 Å². The Bertz CT molecular complexity index is 439. The quantitative estimate of drug-likeness (QED) is 0.543. The highest BCUT2D eigenvalue weighted by Crippen LogP contribution is 2.26. The van der Waals surface area contributed by atoms with Gasteiger partial charge in [0.1, 0.15) is 5.76 Å². The molecule has 2 rings (SSSR count). The lowest BCUT2D eigenvalue weighted by Crippen LogP contribution is -2.41. The lowest BCUT2D eigenvalue weighted by molar-refractivity contribution is 0.131. The third-order valence-electron chi connectivity index (χ3n) is 5.37. The Hall–Kier alpha value is -1.22. The van der Waals surface area contributed by atoms with Crippen molar-refractivity contribution in [2.45, 2.75) is 39.5 Å². The van der Waals surface area contributed by atoms with E-state index in [0.717, 1.165) is 42.0 Å². The highest BCUT2D eigenvalue weighted by Gasteiger charge is 2.25. The largest absolute Gasteiger partial charge is 0.494 e. The first-order valence-corrected chi connectivity index (χ1v) is 9.09. The van der Waals surface area contributed by atoms with Gasteiger partial charge in [-0.25, -0.2) is 0 Å². The average molecular weight is 319 g/mol. The summed E-state index contributed by atoms with van der Waals surface area (Å²) in [6.07, 6.45) is 7.18. The van der Waals surface area contributed by atoms with E-state index in [9.17, 15) is 0 Å². The normalized spacial score (nSPS) is 22.7. The number of allylic oxidation sites excluding steroid dienone is 2. The van der Waals surface area contributed by atoms with E-state index in [4.69, 9.17) is 4.74 Å². The van der Waals surface area contributed by atoms with Crippen molar-refractivity contribution in [1.29, 1.82) is 0 Å². The maximum atomic E-state index is 5.54. The topological polar surface area (TPSA) is 15.7 Å². The van der Waals surface area contributed by atoms with Crippen molar-refractivity contribution in [3.8, 4) is 0 Å². The van der Waals surface area contributed by atoms with Gasteiger partial charge in [0.05, 0.1) is 12.8 Å². The van der Waals surface area contributed by atoms with Crippen molar-refractivity contribution < 1.29 is 4.74 Å². The minimum absolute atomic E-state index is 0.835. The number of ether oxygens (including phenoxy) is 1. The van der Waals surface area contributed by atoms with E-state index in [1.807, 2.05) is 13.0 Å². The molecule has 0 aromatic rings. The van der Waals surface area contributed by atoms with Crippen LogP contribution in [0, 0.1) is 11.8 Å². The standard InChI is InChI=1S/C20H34N2O/c1-6-19(20(23-5)16(2)3)22-13-9-18(10-14-22)15-21-11-7-17(4)8-12-21/h6,17-18H,1-2,7-15H2,3-5H3/b20-19-. The summed E-state index contributed by atoms with van der Waals surface area (Å²) in [6, 6.07) is 0. The number of piperidine rings is 2. The Morgan fingerprint density at radius 3 is 2.22 bits per heavy atom. The molecule has 0 aliphatic carbocycles. The van der Waals surface area contributed by atoms with Gasteiger partial charge in [0.25, 0.3) is 0 Å². The predicted molar refractivity (Wildman–Crippen MR) is 98.2 cm³/mol. The molecule has 0 atom stereocenters. The van der Waals surface area contributed by atoms with E-state index in [1.165, 1.54) is 45.3 Å². The van der Waals surface area contributed by atoms with Crippen LogP contribution in [0.5, 0.6) is 0 Å². The first-order valence-electron chi connectivity index (χ1n) is 9.09. The first-order chi connectivity index (χ1) is 11.0. The molecule has 23 heavy (non-hydrogen) atoms. The van der Waals surface area contributed by atoms with Crippen molar-refractivity contribution in [1.82, 2.24) is 9.80 Å². The van der Waals surface area contributed by atoms with E-state index in [0.29, 0.717) is 0 Å². The van der Waals surface area contributed by atoms with Crippen LogP contribution >= 0.6 is 0 Å². The second kappa shape index (κ2) is 8.58. The summed E-state index contributed by atoms with van der Waals surface area (Å²) >= 11 is 0. The summed E-state index contributed by atoms with van der Waals surface area (Å²) < 4.78 is 5.54. The maximum absolute atomic E-state index is 5.54. The van der Waals surface area contributed by atoms with E-state index >= 15 is 0 Å². The smallest absolute Gasteiger partial charge is 0.144 e. The molecule has 0 spiro atoms. The second-order valence-corrected chi connectivity index (χ2v) is 7.32. The average Bonchev–Trinajstić information content (AvgIpc) is 2.55. The van der Waals surface area contributed by atoms with Crippen LogP contribution in [0.3, 0.4) is 0 Å². The van der Waals surface area contributed by atoms with Crippen LogP contribution < -0.4 is 0 Å². The monoisotopic (exact) mass is 318 g/mol. The Kier molecular flexibility index (Phi) is 6.76. The zero-order valence-electron chi connectivity index (χ0n) is 15.3. The molecular formula is C20H34N2O. The molecule has 2 heterocycles. The number of rotatable bonds is 6. The highest BCUT2D eigenvalue weighted by molar-refractivity contribution is 5.32. The molecule has 2 fully saturated rings. The van der Waals surface area contributed by atoms with Gasteiger partial charge in [-0.3, -0.25) is 0 Å². The fourth-order valence-corrected chi connectivity index (χ4v) is 3.83. The van der Waals surface area contributed by atoms with Crippen LogP contribution in [0.4, 0.5) is 0 Å². The fourth-order valence-electron chi connectivity index (χ4n) is 3.83. The molecular weight excluding hydrogens is 284 g/mol. The molecule has 0 amide bonds. The van der Waals surface area contributed by atoms with Gasteiger partial charge in [0, 0.05) is 19.6 Å². The Balaban J connectivity index is 1.87.